The molecule has 16 heavy (non-hydrogen) atoms. The van der Waals surface area contributed by atoms with Gasteiger partial charge in [0, 0.05) is 5.02 Å². The van der Waals surface area contributed by atoms with E-state index in [2.05, 4.69) is 0 Å². The number of carbonyl (C=O) groups excluding carboxylic acids is 1. The zero-order chi connectivity index (χ0) is 12.0. The largest absolute Gasteiger partial charge is 0.490 e. The van der Waals surface area contributed by atoms with Gasteiger partial charge in [-0.2, -0.15) is 0 Å². The average Bonchev–Trinajstić information content (AvgIpc) is 2.24. The van der Waals surface area contributed by atoms with Crippen LogP contribution in [0.15, 0.2) is 18.2 Å². The first-order valence-electron chi connectivity index (χ1n) is 5.12. The second-order valence-electron chi connectivity index (χ2n) is 3.57. The van der Waals surface area contributed by atoms with E-state index in [1.807, 2.05) is 13.8 Å². The summed E-state index contributed by atoms with van der Waals surface area (Å²) in [5.41, 5.74) is 0.494. The van der Waals surface area contributed by atoms with Crippen LogP contribution in [0.25, 0.3) is 0 Å². The Labute approximate surface area is 100 Å². The van der Waals surface area contributed by atoms with Crippen molar-refractivity contribution in [3.05, 3.63) is 28.8 Å². The van der Waals surface area contributed by atoms with E-state index in [0.717, 1.165) is 6.29 Å². The van der Waals surface area contributed by atoms with Crippen molar-refractivity contribution < 1.29 is 14.3 Å². The van der Waals surface area contributed by atoms with Crippen LogP contribution in [0.5, 0.6) is 5.75 Å². The van der Waals surface area contributed by atoms with Gasteiger partial charge in [-0.05, 0) is 32.0 Å². The molecular weight excluding hydrogens is 228 g/mol. The van der Waals surface area contributed by atoms with Gasteiger partial charge < -0.3 is 9.47 Å². The third-order valence-corrected chi connectivity index (χ3v) is 2.13. The van der Waals surface area contributed by atoms with Crippen molar-refractivity contribution in [2.24, 2.45) is 0 Å². The zero-order valence-corrected chi connectivity index (χ0v) is 10.2. The number of hydrogen-bond acceptors (Lipinski definition) is 3. The standard InChI is InChI=1S/C12H15ClO3/c1-9(2)15-5-6-16-12-7-11(13)4-3-10(12)8-14/h3-4,7-9H,5-6H2,1-2H3. The summed E-state index contributed by atoms with van der Waals surface area (Å²) in [6, 6.07) is 4.91. The maximum atomic E-state index is 10.7. The molecule has 0 aliphatic rings. The molecule has 0 N–H and O–H groups in total. The van der Waals surface area contributed by atoms with Crippen molar-refractivity contribution in [2.75, 3.05) is 13.2 Å². The molecule has 0 aromatic heterocycles. The molecule has 0 aliphatic carbocycles. The zero-order valence-electron chi connectivity index (χ0n) is 9.40. The molecule has 0 saturated heterocycles. The van der Waals surface area contributed by atoms with Crippen molar-refractivity contribution in [3.63, 3.8) is 0 Å². The first-order chi connectivity index (χ1) is 7.63. The average molecular weight is 243 g/mol. The molecule has 0 spiro atoms. The summed E-state index contributed by atoms with van der Waals surface area (Å²) >= 11 is 5.81. The van der Waals surface area contributed by atoms with Gasteiger partial charge in [-0.1, -0.05) is 11.6 Å². The predicted molar refractivity (Wildman–Crippen MR) is 63.4 cm³/mol. The van der Waals surface area contributed by atoms with Gasteiger partial charge in [0.05, 0.1) is 18.3 Å². The van der Waals surface area contributed by atoms with Crippen LogP contribution in [0.4, 0.5) is 0 Å². The molecule has 4 heteroatoms. The van der Waals surface area contributed by atoms with Gasteiger partial charge in [0.25, 0.3) is 0 Å². The summed E-state index contributed by atoms with van der Waals surface area (Å²) in [6.45, 7) is 4.80. The number of rotatable bonds is 6. The Bertz CT molecular complexity index is 350. The molecule has 0 amide bonds. The van der Waals surface area contributed by atoms with Crippen molar-refractivity contribution in [3.8, 4) is 5.75 Å². The number of ether oxygens (including phenoxy) is 2. The highest BCUT2D eigenvalue weighted by molar-refractivity contribution is 6.30. The molecule has 0 heterocycles. The third-order valence-electron chi connectivity index (χ3n) is 1.89. The molecule has 1 aromatic carbocycles. The highest BCUT2D eigenvalue weighted by Gasteiger charge is 2.04. The van der Waals surface area contributed by atoms with E-state index in [1.54, 1.807) is 18.2 Å². The Hall–Kier alpha value is -1.06. The predicted octanol–water partition coefficient (Wildman–Crippen LogP) is 2.96. The summed E-state index contributed by atoms with van der Waals surface area (Å²) in [4.78, 5) is 10.7. The summed E-state index contributed by atoms with van der Waals surface area (Å²) in [5, 5.41) is 0.547. The van der Waals surface area contributed by atoms with Crippen LogP contribution in [0.2, 0.25) is 5.02 Å². The molecule has 0 aliphatic heterocycles. The maximum absolute atomic E-state index is 10.7. The van der Waals surface area contributed by atoms with E-state index in [4.69, 9.17) is 21.1 Å². The van der Waals surface area contributed by atoms with E-state index in [1.165, 1.54) is 0 Å². The van der Waals surface area contributed by atoms with Crippen LogP contribution in [0.3, 0.4) is 0 Å². The molecular formula is C12H15ClO3. The van der Waals surface area contributed by atoms with E-state index in [0.29, 0.717) is 29.5 Å². The number of carbonyl (C=O) groups is 1. The molecule has 0 radical (unpaired) electrons. The van der Waals surface area contributed by atoms with Crippen LogP contribution in [0, 0.1) is 0 Å². The highest BCUT2D eigenvalue weighted by atomic mass is 35.5. The second-order valence-corrected chi connectivity index (χ2v) is 4.00. The lowest BCUT2D eigenvalue weighted by molar-refractivity contribution is 0.0550. The van der Waals surface area contributed by atoms with E-state index in [-0.39, 0.29) is 6.10 Å². The minimum Gasteiger partial charge on any atom is -0.490 e. The molecule has 1 aromatic rings. The summed E-state index contributed by atoms with van der Waals surface area (Å²) in [5.74, 6) is 0.495. The Morgan fingerprint density at radius 1 is 1.38 bits per heavy atom. The van der Waals surface area contributed by atoms with Gasteiger partial charge in [-0.25, -0.2) is 0 Å². The van der Waals surface area contributed by atoms with Crippen LogP contribution in [-0.2, 0) is 4.74 Å². The Morgan fingerprint density at radius 3 is 2.75 bits per heavy atom. The van der Waals surface area contributed by atoms with Crippen LogP contribution in [0.1, 0.15) is 24.2 Å². The number of hydrogen-bond donors (Lipinski definition) is 0. The number of benzene rings is 1. The van der Waals surface area contributed by atoms with Crippen LogP contribution >= 0.6 is 11.6 Å². The lowest BCUT2D eigenvalue weighted by Gasteiger charge is -2.10. The molecule has 0 unspecified atom stereocenters. The lowest BCUT2D eigenvalue weighted by Crippen LogP contribution is -2.11. The van der Waals surface area contributed by atoms with Gasteiger partial charge in [0.2, 0.25) is 0 Å². The normalized spacial score (nSPS) is 10.5. The van der Waals surface area contributed by atoms with E-state index in [9.17, 15) is 4.79 Å². The molecule has 1 rings (SSSR count). The summed E-state index contributed by atoms with van der Waals surface area (Å²) in [7, 11) is 0. The van der Waals surface area contributed by atoms with E-state index < -0.39 is 0 Å². The highest BCUT2D eigenvalue weighted by Crippen LogP contribution is 2.21. The van der Waals surface area contributed by atoms with E-state index >= 15 is 0 Å². The maximum Gasteiger partial charge on any atom is 0.153 e. The van der Waals surface area contributed by atoms with Gasteiger partial charge in [0.1, 0.15) is 12.4 Å². The Kier molecular flexibility index (Phi) is 5.29. The first kappa shape index (κ1) is 13.0. The lowest BCUT2D eigenvalue weighted by atomic mass is 10.2. The van der Waals surface area contributed by atoms with Crippen molar-refractivity contribution >= 4 is 17.9 Å². The molecule has 0 saturated carbocycles. The van der Waals surface area contributed by atoms with Gasteiger partial charge in [0.15, 0.2) is 6.29 Å². The fraction of sp³-hybridized carbons (Fsp3) is 0.417. The van der Waals surface area contributed by atoms with Crippen molar-refractivity contribution in [1.82, 2.24) is 0 Å². The third kappa shape index (κ3) is 4.21. The van der Waals surface area contributed by atoms with Gasteiger partial charge in [-0.3, -0.25) is 4.79 Å². The smallest absolute Gasteiger partial charge is 0.153 e. The minimum atomic E-state index is 0.175. The monoisotopic (exact) mass is 242 g/mol. The SMILES string of the molecule is CC(C)OCCOc1cc(Cl)ccc1C=O. The van der Waals surface area contributed by atoms with Gasteiger partial charge in [-0.15, -0.1) is 0 Å². The first-order valence-corrected chi connectivity index (χ1v) is 5.50. The Morgan fingerprint density at radius 2 is 2.12 bits per heavy atom. The number of halogens is 1. The van der Waals surface area contributed by atoms with Crippen molar-refractivity contribution in [1.29, 1.82) is 0 Å². The van der Waals surface area contributed by atoms with Gasteiger partial charge >= 0.3 is 0 Å². The second kappa shape index (κ2) is 6.51. The summed E-state index contributed by atoms with van der Waals surface area (Å²) < 4.78 is 10.7. The van der Waals surface area contributed by atoms with Crippen LogP contribution < -0.4 is 4.74 Å². The summed E-state index contributed by atoms with van der Waals surface area (Å²) in [6.07, 6.45) is 0.920. The number of aldehydes is 1. The fourth-order valence-corrected chi connectivity index (χ4v) is 1.33. The quantitative estimate of drug-likeness (QED) is 0.568. The van der Waals surface area contributed by atoms with Crippen LogP contribution in [-0.4, -0.2) is 25.6 Å². The molecule has 88 valence electrons. The molecule has 0 atom stereocenters. The Balaban J connectivity index is 2.52. The van der Waals surface area contributed by atoms with Crippen molar-refractivity contribution in [2.45, 2.75) is 20.0 Å². The molecule has 3 nitrogen and oxygen atoms in total. The minimum absolute atomic E-state index is 0.175. The fourth-order valence-electron chi connectivity index (χ4n) is 1.17. The molecule has 0 bridgehead atoms. The topological polar surface area (TPSA) is 35.5 Å². The molecule has 0 fully saturated rings.